The van der Waals surface area contributed by atoms with Crippen molar-refractivity contribution in [1.29, 1.82) is 0 Å². The first-order valence-electron chi connectivity index (χ1n) is 9.72. The highest BCUT2D eigenvalue weighted by Crippen LogP contribution is 2.49. The third-order valence-electron chi connectivity index (χ3n) is 5.73. The Morgan fingerprint density at radius 3 is 2.54 bits per heavy atom. The molecule has 1 aromatic carbocycles. The predicted molar refractivity (Wildman–Crippen MR) is 112 cm³/mol. The molecule has 138 valence electrons. The number of anilines is 1. The summed E-state index contributed by atoms with van der Waals surface area (Å²) in [6.07, 6.45) is 7.29. The van der Waals surface area contributed by atoms with E-state index in [1.54, 1.807) is 0 Å². The van der Waals surface area contributed by atoms with E-state index in [0.29, 0.717) is 6.04 Å². The van der Waals surface area contributed by atoms with Crippen LogP contribution >= 0.6 is 0 Å². The van der Waals surface area contributed by atoms with Gasteiger partial charge in [0.25, 0.3) is 0 Å². The van der Waals surface area contributed by atoms with Crippen molar-refractivity contribution in [3.63, 3.8) is 0 Å². The molecule has 4 rings (SSSR count). The Bertz CT molecular complexity index is 917. The van der Waals surface area contributed by atoms with Gasteiger partial charge in [-0.05, 0) is 38.5 Å². The molecule has 3 aromatic rings. The Morgan fingerprint density at radius 1 is 1.23 bits per heavy atom. The van der Waals surface area contributed by atoms with E-state index in [2.05, 4.69) is 74.0 Å². The normalized spacial score (nSPS) is 21.5. The Hall–Kier alpha value is -2.42. The van der Waals surface area contributed by atoms with Crippen LogP contribution in [0.1, 0.15) is 59.2 Å². The molecule has 1 aliphatic rings. The monoisotopic (exact) mass is 350 g/mol. The highest BCUT2D eigenvalue weighted by atomic mass is 16.3. The zero-order chi connectivity index (χ0) is 18.9. The molecular weight excluding hydrogens is 320 g/mol. The zero-order valence-electron chi connectivity index (χ0n) is 16.8. The quantitative estimate of drug-likeness (QED) is 0.565. The van der Waals surface area contributed by atoms with Crippen molar-refractivity contribution < 1.29 is 4.42 Å². The van der Waals surface area contributed by atoms with E-state index in [9.17, 15) is 0 Å². The van der Waals surface area contributed by atoms with Gasteiger partial charge in [-0.1, -0.05) is 52.0 Å². The Labute approximate surface area is 156 Å². The lowest BCUT2D eigenvalue weighted by Crippen LogP contribution is -2.41. The number of hydrogen-bond acceptors (Lipinski definition) is 2. The topological polar surface area (TPSA) is 30.1 Å². The summed E-state index contributed by atoms with van der Waals surface area (Å²) in [5.41, 5.74) is 5.80. The Balaban J connectivity index is 0.000000948. The highest BCUT2D eigenvalue weighted by Gasteiger charge is 2.41. The molecule has 0 spiro atoms. The molecule has 0 saturated carbocycles. The first-order valence-corrected chi connectivity index (χ1v) is 9.72. The van der Waals surface area contributed by atoms with Gasteiger partial charge in [-0.2, -0.15) is 0 Å². The predicted octanol–water partition coefficient (Wildman–Crippen LogP) is 6.76. The molecule has 0 bridgehead atoms. The summed E-state index contributed by atoms with van der Waals surface area (Å²) in [5.74, 6) is 0. The van der Waals surface area contributed by atoms with Crippen molar-refractivity contribution in [2.45, 2.75) is 59.4 Å². The number of furan rings is 1. The molecule has 2 aromatic heterocycles. The molecule has 0 radical (unpaired) electrons. The highest BCUT2D eigenvalue weighted by molar-refractivity contribution is 6.01. The number of aromatic nitrogens is 1. The van der Waals surface area contributed by atoms with Gasteiger partial charge in [0.1, 0.15) is 0 Å². The molecule has 1 N–H and O–H groups in total. The van der Waals surface area contributed by atoms with Crippen LogP contribution in [0, 0.1) is 0 Å². The molecule has 3 nitrogen and oxygen atoms in total. The third kappa shape index (κ3) is 2.49. The molecule has 0 aliphatic carbocycles. The number of para-hydroxylation sites is 1. The van der Waals surface area contributed by atoms with Crippen LogP contribution in [0.25, 0.3) is 22.9 Å². The van der Waals surface area contributed by atoms with Gasteiger partial charge in [0.2, 0.25) is 5.71 Å². The molecule has 3 heteroatoms. The second-order valence-corrected chi connectivity index (χ2v) is 6.90. The molecule has 0 fully saturated rings. The minimum atomic E-state index is 0.0777. The SMILES string of the molecule is C/C=C\c1c2c3c(coc3n1-c1ccccc1)C(C)(CC)[C@@H](C)N2.CC. The lowest BCUT2D eigenvalue weighted by molar-refractivity contribution is 0.393. The van der Waals surface area contributed by atoms with Gasteiger partial charge in [0, 0.05) is 22.7 Å². The molecule has 0 amide bonds. The molecule has 1 aliphatic heterocycles. The second kappa shape index (κ2) is 7.06. The number of nitrogens with zero attached hydrogens (tertiary/aromatic N) is 1. The Kier molecular flexibility index (Phi) is 4.99. The summed E-state index contributed by atoms with van der Waals surface area (Å²) in [7, 11) is 0. The van der Waals surface area contributed by atoms with Crippen LogP contribution in [-0.2, 0) is 5.41 Å². The fourth-order valence-electron chi connectivity index (χ4n) is 3.92. The van der Waals surface area contributed by atoms with Crippen LogP contribution in [0.15, 0.2) is 47.1 Å². The van der Waals surface area contributed by atoms with Crippen LogP contribution in [0.3, 0.4) is 0 Å². The second-order valence-electron chi connectivity index (χ2n) is 6.90. The standard InChI is InChI=1S/C21H24N2O.C2H6/c1-5-10-17-19-18-16(21(4,6-2)14(3)22-19)13-24-20(18)23(17)15-11-8-7-9-12-15;1-2/h5,7-14,22H,6H2,1-4H3;1-2H3/b10-5-;/t14-,21?;/m1./s1. The maximum absolute atomic E-state index is 6.11. The van der Waals surface area contributed by atoms with Crippen molar-refractivity contribution in [3.8, 4) is 5.69 Å². The van der Waals surface area contributed by atoms with Gasteiger partial charge in [-0.25, -0.2) is 0 Å². The first kappa shape index (κ1) is 18.4. The summed E-state index contributed by atoms with van der Waals surface area (Å²) in [5, 5.41) is 4.99. The van der Waals surface area contributed by atoms with Crippen LogP contribution in [0.4, 0.5) is 5.69 Å². The van der Waals surface area contributed by atoms with Crippen molar-refractivity contribution in [2.75, 3.05) is 5.32 Å². The van der Waals surface area contributed by atoms with Crippen LogP contribution < -0.4 is 5.32 Å². The minimum absolute atomic E-state index is 0.0777. The number of hydrogen-bond donors (Lipinski definition) is 1. The van der Waals surface area contributed by atoms with Gasteiger partial charge >= 0.3 is 0 Å². The average Bonchev–Trinajstić information content (AvgIpc) is 3.23. The Morgan fingerprint density at radius 2 is 1.92 bits per heavy atom. The lowest BCUT2D eigenvalue weighted by Gasteiger charge is -2.39. The van der Waals surface area contributed by atoms with Gasteiger partial charge in [0.05, 0.1) is 23.0 Å². The molecule has 26 heavy (non-hydrogen) atoms. The van der Waals surface area contributed by atoms with Gasteiger partial charge in [-0.15, -0.1) is 0 Å². The fraction of sp³-hybridized carbons (Fsp3) is 0.391. The van der Waals surface area contributed by atoms with E-state index < -0.39 is 0 Å². The van der Waals surface area contributed by atoms with E-state index in [0.717, 1.165) is 23.5 Å². The minimum Gasteiger partial charge on any atom is -0.447 e. The zero-order valence-corrected chi connectivity index (χ0v) is 16.8. The summed E-state index contributed by atoms with van der Waals surface area (Å²) >= 11 is 0. The van der Waals surface area contributed by atoms with E-state index in [1.807, 2.05) is 26.2 Å². The smallest absolute Gasteiger partial charge is 0.214 e. The van der Waals surface area contributed by atoms with Crippen LogP contribution in [0.2, 0.25) is 0 Å². The molecular formula is C23H30N2O. The van der Waals surface area contributed by atoms with Crippen molar-refractivity contribution >= 4 is 22.9 Å². The molecule has 0 saturated heterocycles. The lowest BCUT2D eigenvalue weighted by atomic mass is 9.72. The van der Waals surface area contributed by atoms with Crippen molar-refractivity contribution in [3.05, 3.63) is 53.9 Å². The van der Waals surface area contributed by atoms with E-state index in [4.69, 9.17) is 4.42 Å². The number of benzene rings is 1. The molecule has 1 unspecified atom stereocenters. The summed E-state index contributed by atoms with van der Waals surface area (Å²) in [4.78, 5) is 0. The maximum Gasteiger partial charge on any atom is 0.214 e. The maximum atomic E-state index is 6.11. The largest absolute Gasteiger partial charge is 0.447 e. The van der Waals surface area contributed by atoms with E-state index >= 15 is 0 Å². The third-order valence-corrected chi connectivity index (χ3v) is 5.73. The number of allylic oxidation sites excluding steroid dienone is 1. The van der Waals surface area contributed by atoms with E-state index in [1.165, 1.54) is 16.6 Å². The first-order chi connectivity index (χ1) is 12.6. The summed E-state index contributed by atoms with van der Waals surface area (Å²) in [6.45, 7) is 12.9. The number of nitrogens with one attached hydrogen (secondary N) is 1. The van der Waals surface area contributed by atoms with Gasteiger partial charge < -0.3 is 9.73 Å². The van der Waals surface area contributed by atoms with Crippen molar-refractivity contribution in [1.82, 2.24) is 4.57 Å². The van der Waals surface area contributed by atoms with Crippen LogP contribution in [0.5, 0.6) is 0 Å². The van der Waals surface area contributed by atoms with Crippen LogP contribution in [-0.4, -0.2) is 10.6 Å². The van der Waals surface area contributed by atoms with Crippen molar-refractivity contribution in [2.24, 2.45) is 0 Å². The summed E-state index contributed by atoms with van der Waals surface area (Å²) in [6, 6.07) is 10.8. The van der Waals surface area contributed by atoms with Gasteiger partial charge in [-0.3, -0.25) is 4.57 Å². The average molecular weight is 351 g/mol. The fourth-order valence-corrected chi connectivity index (χ4v) is 3.92. The summed E-state index contributed by atoms with van der Waals surface area (Å²) < 4.78 is 8.33. The molecule has 2 atom stereocenters. The van der Waals surface area contributed by atoms with E-state index in [-0.39, 0.29) is 5.41 Å². The molecule has 3 heterocycles. The number of rotatable bonds is 3. The van der Waals surface area contributed by atoms with Gasteiger partial charge in [0.15, 0.2) is 0 Å².